The van der Waals surface area contributed by atoms with Crippen molar-refractivity contribution in [3.8, 4) is 5.75 Å². The van der Waals surface area contributed by atoms with Gasteiger partial charge in [-0.3, -0.25) is 4.79 Å². The summed E-state index contributed by atoms with van der Waals surface area (Å²) in [6.45, 7) is 1.52. The van der Waals surface area contributed by atoms with Crippen molar-refractivity contribution in [3.05, 3.63) is 23.8 Å². The van der Waals surface area contributed by atoms with E-state index in [2.05, 4.69) is 0 Å². The maximum Gasteiger partial charge on any atom is 0.259 e. The van der Waals surface area contributed by atoms with E-state index >= 15 is 0 Å². The molecule has 0 fully saturated rings. The van der Waals surface area contributed by atoms with Crippen LogP contribution in [-0.2, 0) is 14.8 Å². The highest BCUT2D eigenvalue weighted by molar-refractivity contribution is 7.89. The first kappa shape index (κ1) is 14.5. The predicted molar refractivity (Wildman–Crippen MR) is 66.7 cm³/mol. The van der Waals surface area contributed by atoms with Crippen LogP contribution in [0.15, 0.2) is 23.1 Å². The molecule has 0 saturated carbocycles. The van der Waals surface area contributed by atoms with E-state index in [4.69, 9.17) is 9.88 Å². The topological polar surface area (TPSA) is 89.7 Å². The lowest BCUT2D eigenvalue weighted by Crippen LogP contribution is -2.27. The summed E-state index contributed by atoms with van der Waals surface area (Å²) in [5, 5.41) is 5.04. The van der Waals surface area contributed by atoms with Crippen molar-refractivity contribution in [1.82, 2.24) is 4.90 Å². The number of rotatable bonds is 4. The number of hydrogen-bond acceptors (Lipinski definition) is 4. The number of primary sulfonamides is 1. The Morgan fingerprint density at radius 1 is 1.39 bits per heavy atom. The zero-order valence-electron chi connectivity index (χ0n) is 10.5. The smallest absolute Gasteiger partial charge is 0.259 e. The number of nitrogens with two attached hydrogens (primary N) is 1. The number of aryl methyl sites for hydroxylation is 1. The van der Waals surface area contributed by atoms with E-state index in [1.807, 2.05) is 0 Å². The largest absolute Gasteiger partial charge is 0.484 e. The van der Waals surface area contributed by atoms with Gasteiger partial charge < -0.3 is 9.64 Å². The van der Waals surface area contributed by atoms with Crippen molar-refractivity contribution in [1.29, 1.82) is 0 Å². The Hall–Kier alpha value is -1.60. The van der Waals surface area contributed by atoms with E-state index in [0.717, 1.165) is 0 Å². The molecule has 2 N–H and O–H groups in total. The van der Waals surface area contributed by atoms with Gasteiger partial charge in [0.1, 0.15) is 5.75 Å². The van der Waals surface area contributed by atoms with Crippen LogP contribution in [0.5, 0.6) is 5.75 Å². The van der Waals surface area contributed by atoms with Crippen LogP contribution in [0.25, 0.3) is 0 Å². The summed E-state index contributed by atoms with van der Waals surface area (Å²) >= 11 is 0. The van der Waals surface area contributed by atoms with Crippen LogP contribution in [0, 0.1) is 6.92 Å². The number of nitrogens with zero attached hydrogens (tertiary/aromatic N) is 1. The molecule has 0 spiro atoms. The fourth-order valence-electron chi connectivity index (χ4n) is 1.31. The molecule has 0 bridgehead atoms. The first-order valence-electron chi connectivity index (χ1n) is 5.18. The van der Waals surface area contributed by atoms with Crippen LogP contribution in [0.3, 0.4) is 0 Å². The highest BCUT2D eigenvalue weighted by Crippen LogP contribution is 2.20. The molecule has 1 rings (SSSR count). The minimum absolute atomic E-state index is 0.0498. The van der Waals surface area contributed by atoms with Gasteiger partial charge in [-0.1, -0.05) is 0 Å². The Morgan fingerprint density at radius 2 is 2.00 bits per heavy atom. The third kappa shape index (κ3) is 3.71. The first-order valence-corrected chi connectivity index (χ1v) is 6.73. The van der Waals surface area contributed by atoms with Crippen LogP contribution in [0.1, 0.15) is 5.56 Å². The minimum atomic E-state index is -3.73. The summed E-state index contributed by atoms with van der Waals surface area (Å²) in [4.78, 5) is 12.8. The lowest BCUT2D eigenvalue weighted by molar-refractivity contribution is -0.130. The molecule has 7 heteroatoms. The molecule has 0 radical (unpaired) electrons. The van der Waals surface area contributed by atoms with Crippen molar-refractivity contribution < 1.29 is 17.9 Å². The summed E-state index contributed by atoms with van der Waals surface area (Å²) in [6.07, 6.45) is 0. The van der Waals surface area contributed by atoms with E-state index in [9.17, 15) is 13.2 Å². The monoisotopic (exact) mass is 272 g/mol. The van der Waals surface area contributed by atoms with E-state index in [1.165, 1.54) is 23.1 Å². The quantitative estimate of drug-likeness (QED) is 0.842. The molecule has 0 heterocycles. The molecular formula is C11H16N2O4S. The molecule has 0 atom stereocenters. The zero-order chi connectivity index (χ0) is 13.9. The third-order valence-corrected chi connectivity index (χ3v) is 3.39. The van der Waals surface area contributed by atoms with E-state index < -0.39 is 10.0 Å². The normalized spacial score (nSPS) is 11.1. The molecule has 0 aliphatic heterocycles. The Bertz CT molecular complexity index is 552. The van der Waals surface area contributed by atoms with Gasteiger partial charge in [-0.15, -0.1) is 0 Å². The van der Waals surface area contributed by atoms with Gasteiger partial charge in [0.05, 0.1) is 4.90 Å². The highest BCUT2D eigenvalue weighted by atomic mass is 32.2. The number of benzene rings is 1. The molecule has 18 heavy (non-hydrogen) atoms. The van der Waals surface area contributed by atoms with E-state index in [-0.39, 0.29) is 17.4 Å². The molecule has 0 saturated heterocycles. The van der Waals surface area contributed by atoms with Crippen molar-refractivity contribution in [2.24, 2.45) is 5.14 Å². The summed E-state index contributed by atoms with van der Waals surface area (Å²) in [6, 6.07) is 4.36. The molecule has 1 aromatic rings. The summed E-state index contributed by atoms with van der Waals surface area (Å²) in [5.74, 6) is 0.248. The van der Waals surface area contributed by atoms with Crippen molar-refractivity contribution in [3.63, 3.8) is 0 Å². The minimum Gasteiger partial charge on any atom is -0.484 e. The van der Waals surface area contributed by atoms with Gasteiger partial charge in [0.15, 0.2) is 6.61 Å². The summed E-state index contributed by atoms with van der Waals surface area (Å²) in [7, 11) is -0.474. The molecule has 0 unspecified atom stereocenters. The molecule has 0 aliphatic rings. The van der Waals surface area contributed by atoms with Gasteiger partial charge >= 0.3 is 0 Å². The Balaban J connectivity index is 2.83. The Labute approximate surface area is 106 Å². The van der Waals surface area contributed by atoms with Crippen LogP contribution in [0.4, 0.5) is 0 Å². The van der Waals surface area contributed by atoms with Gasteiger partial charge in [-0.05, 0) is 30.7 Å². The van der Waals surface area contributed by atoms with Crippen LogP contribution in [-0.4, -0.2) is 39.9 Å². The summed E-state index contributed by atoms with van der Waals surface area (Å²) in [5.41, 5.74) is 0.479. The molecule has 1 aromatic carbocycles. The molecule has 1 amide bonds. The standard InChI is InChI=1S/C11H16N2O4S/c1-8-6-9(17-7-11(14)13(2)3)4-5-10(8)18(12,15)16/h4-6H,7H2,1-3H3,(H2,12,15,16). The summed E-state index contributed by atoms with van der Waals surface area (Å²) < 4.78 is 27.6. The van der Waals surface area contributed by atoms with Crippen molar-refractivity contribution in [2.75, 3.05) is 20.7 Å². The third-order valence-electron chi connectivity index (χ3n) is 2.31. The average molecular weight is 272 g/mol. The van der Waals surface area contributed by atoms with Gasteiger partial charge in [-0.25, -0.2) is 13.6 Å². The van der Waals surface area contributed by atoms with Crippen LogP contribution >= 0.6 is 0 Å². The van der Waals surface area contributed by atoms with E-state index in [1.54, 1.807) is 21.0 Å². The molecular weight excluding hydrogens is 256 g/mol. The van der Waals surface area contributed by atoms with Crippen LogP contribution in [0.2, 0.25) is 0 Å². The second-order valence-electron chi connectivity index (χ2n) is 4.05. The fraction of sp³-hybridized carbons (Fsp3) is 0.364. The fourth-order valence-corrected chi connectivity index (χ4v) is 2.07. The lowest BCUT2D eigenvalue weighted by Gasteiger charge is -2.12. The van der Waals surface area contributed by atoms with Crippen molar-refractivity contribution >= 4 is 15.9 Å². The maximum absolute atomic E-state index is 11.3. The van der Waals surface area contributed by atoms with Gasteiger partial charge in [-0.2, -0.15) is 0 Å². The Kier molecular flexibility index (Phi) is 4.31. The molecule has 100 valence electrons. The number of amides is 1. The first-order chi connectivity index (χ1) is 8.21. The average Bonchev–Trinajstić information content (AvgIpc) is 2.23. The number of carbonyl (C=O) groups is 1. The van der Waals surface area contributed by atoms with Crippen molar-refractivity contribution in [2.45, 2.75) is 11.8 Å². The highest BCUT2D eigenvalue weighted by Gasteiger charge is 2.12. The number of carbonyl (C=O) groups excluding carboxylic acids is 1. The maximum atomic E-state index is 11.3. The van der Waals surface area contributed by atoms with Gasteiger partial charge in [0, 0.05) is 14.1 Å². The second-order valence-corrected chi connectivity index (χ2v) is 5.58. The SMILES string of the molecule is Cc1cc(OCC(=O)N(C)C)ccc1S(N)(=O)=O. The number of likely N-dealkylation sites (N-methyl/N-ethyl adjacent to an activating group) is 1. The Morgan fingerprint density at radius 3 is 2.44 bits per heavy atom. The molecule has 0 aliphatic carbocycles. The lowest BCUT2D eigenvalue weighted by atomic mass is 10.2. The van der Waals surface area contributed by atoms with Gasteiger partial charge in [0.25, 0.3) is 5.91 Å². The number of hydrogen-bond donors (Lipinski definition) is 1. The molecule has 0 aromatic heterocycles. The van der Waals surface area contributed by atoms with E-state index in [0.29, 0.717) is 11.3 Å². The number of sulfonamides is 1. The predicted octanol–water partition coefficient (Wildman–Crippen LogP) is 0.109. The number of ether oxygens (including phenoxy) is 1. The zero-order valence-corrected chi connectivity index (χ0v) is 11.3. The second kappa shape index (κ2) is 5.36. The van der Waals surface area contributed by atoms with Gasteiger partial charge in [0.2, 0.25) is 10.0 Å². The molecule has 6 nitrogen and oxygen atoms in total. The van der Waals surface area contributed by atoms with Crippen LogP contribution < -0.4 is 9.88 Å².